The number of halogens is 2. The van der Waals surface area contributed by atoms with Crippen LogP contribution < -0.4 is 5.73 Å². The molecule has 1 aromatic rings. The first-order chi connectivity index (χ1) is 10.1. The largest absolute Gasteiger partial charge is 0.329 e. The van der Waals surface area contributed by atoms with Crippen LogP contribution in [0.4, 0.5) is 8.78 Å². The average Bonchev–Trinajstić information content (AvgIpc) is 2.93. The second kappa shape index (κ2) is 7.29. The van der Waals surface area contributed by atoms with Gasteiger partial charge in [0.05, 0.1) is 0 Å². The van der Waals surface area contributed by atoms with E-state index in [0.29, 0.717) is 18.2 Å². The molecule has 2 unspecified atom stereocenters. The van der Waals surface area contributed by atoms with Crippen LogP contribution in [0.15, 0.2) is 18.2 Å². The van der Waals surface area contributed by atoms with E-state index in [4.69, 9.17) is 5.73 Å². The van der Waals surface area contributed by atoms with Crippen molar-refractivity contribution in [3.8, 4) is 0 Å². The maximum absolute atomic E-state index is 14.0. The SMILES string of the molecule is CCN(CC)C1CCN(C(CN)c2ccc(F)cc2F)C1. The van der Waals surface area contributed by atoms with Crippen molar-refractivity contribution in [3.63, 3.8) is 0 Å². The first-order valence-electron chi connectivity index (χ1n) is 7.73. The molecule has 118 valence electrons. The van der Waals surface area contributed by atoms with E-state index >= 15 is 0 Å². The number of nitrogens with two attached hydrogens (primary N) is 1. The molecule has 0 bridgehead atoms. The highest BCUT2D eigenvalue weighted by Gasteiger charge is 2.31. The zero-order chi connectivity index (χ0) is 15.4. The summed E-state index contributed by atoms with van der Waals surface area (Å²) in [6, 6.07) is 4.09. The number of benzene rings is 1. The molecule has 1 fully saturated rings. The van der Waals surface area contributed by atoms with Gasteiger partial charge in [-0.15, -0.1) is 0 Å². The molecule has 1 heterocycles. The molecule has 0 spiro atoms. The molecule has 2 atom stereocenters. The number of nitrogens with zero attached hydrogens (tertiary/aromatic N) is 2. The van der Waals surface area contributed by atoms with Crippen molar-refractivity contribution >= 4 is 0 Å². The molecule has 0 saturated carbocycles. The van der Waals surface area contributed by atoms with Crippen LogP contribution in [-0.4, -0.2) is 48.6 Å². The van der Waals surface area contributed by atoms with Gasteiger partial charge in [0.1, 0.15) is 11.6 Å². The van der Waals surface area contributed by atoms with E-state index in [2.05, 4.69) is 23.6 Å². The molecule has 1 aliphatic heterocycles. The van der Waals surface area contributed by atoms with Crippen molar-refractivity contribution in [2.75, 3.05) is 32.7 Å². The minimum Gasteiger partial charge on any atom is -0.329 e. The lowest BCUT2D eigenvalue weighted by Crippen LogP contribution is -2.39. The highest BCUT2D eigenvalue weighted by atomic mass is 19.1. The van der Waals surface area contributed by atoms with Crippen molar-refractivity contribution in [2.24, 2.45) is 5.73 Å². The smallest absolute Gasteiger partial charge is 0.130 e. The van der Waals surface area contributed by atoms with E-state index in [-0.39, 0.29) is 6.04 Å². The van der Waals surface area contributed by atoms with Crippen LogP contribution in [0.1, 0.15) is 31.9 Å². The Morgan fingerprint density at radius 2 is 2.05 bits per heavy atom. The van der Waals surface area contributed by atoms with Gasteiger partial charge in [-0.2, -0.15) is 0 Å². The van der Waals surface area contributed by atoms with Gasteiger partial charge in [-0.3, -0.25) is 9.80 Å². The quantitative estimate of drug-likeness (QED) is 0.875. The molecular formula is C16H25F2N3. The minimum atomic E-state index is -0.547. The molecular weight excluding hydrogens is 272 g/mol. The Labute approximate surface area is 125 Å². The average molecular weight is 297 g/mol. The zero-order valence-corrected chi connectivity index (χ0v) is 12.9. The molecule has 1 aliphatic rings. The Morgan fingerprint density at radius 3 is 2.62 bits per heavy atom. The highest BCUT2D eigenvalue weighted by Crippen LogP contribution is 2.28. The third kappa shape index (κ3) is 3.59. The van der Waals surface area contributed by atoms with Crippen molar-refractivity contribution < 1.29 is 8.78 Å². The molecule has 0 aromatic heterocycles. The van der Waals surface area contributed by atoms with E-state index in [1.807, 2.05) is 0 Å². The van der Waals surface area contributed by atoms with Crippen LogP contribution in [-0.2, 0) is 0 Å². The van der Waals surface area contributed by atoms with E-state index < -0.39 is 11.6 Å². The molecule has 2 N–H and O–H groups in total. The van der Waals surface area contributed by atoms with E-state index in [0.717, 1.165) is 38.7 Å². The summed E-state index contributed by atoms with van der Waals surface area (Å²) in [7, 11) is 0. The normalized spacial score (nSPS) is 21.1. The predicted octanol–water partition coefficient (Wildman–Crippen LogP) is 2.38. The van der Waals surface area contributed by atoms with Crippen LogP contribution in [0.2, 0.25) is 0 Å². The van der Waals surface area contributed by atoms with Crippen LogP contribution >= 0.6 is 0 Å². The summed E-state index contributed by atoms with van der Waals surface area (Å²) in [5.41, 5.74) is 6.36. The highest BCUT2D eigenvalue weighted by molar-refractivity contribution is 5.23. The van der Waals surface area contributed by atoms with Crippen LogP contribution in [0.3, 0.4) is 0 Å². The lowest BCUT2D eigenvalue weighted by Gasteiger charge is -2.30. The number of rotatable bonds is 6. The van der Waals surface area contributed by atoms with Gasteiger partial charge in [-0.1, -0.05) is 19.9 Å². The van der Waals surface area contributed by atoms with E-state index in [1.54, 1.807) is 0 Å². The van der Waals surface area contributed by atoms with Crippen molar-refractivity contribution in [1.29, 1.82) is 0 Å². The number of hydrogen-bond donors (Lipinski definition) is 1. The molecule has 2 rings (SSSR count). The standard InChI is InChI=1S/C16H25F2N3/c1-3-20(4-2)13-7-8-21(11-13)16(10-19)14-6-5-12(17)9-15(14)18/h5-6,9,13,16H,3-4,7-8,10-11,19H2,1-2H3. The Kier molecular flexibility index (Phi) is 5.67. The fourth-order valence-corrected chi connectivity index (χ4v) is 3.33. The summed E-state index contributed by atoms with van der Waals surface area (Å²) in [5, 5.41) is 0. The van der Waals surface area contributed by atoms with Crippen molar-refractivity contribution in [2.45, 2.75) is 32.4 Å². The van der Waals surface area contributed by atoms with Crippen molar-refractivity contribution in [3.05, 3.63) is 35.4 Å². The summed E-state index contributed by atoms with van der Waals surface area (Å²) in [6.07, 6.45) is 1.07. The molecule has 1 saturated heterocycles. The summed E-state index contributed by atoms with van der Waals surface area (Å²) < 4.78 is 27.1. The van der Waals surface area contributed by atoms with Crippen LogP contribution in [0.25, 0.3) is 0 Å². The topological polar surface area (TPSA) is 32.5 Å². The molecule has 0 radical (unpaired) electrons. The van der Waals surface area contributed by atoms with Gasteiger partial charge in [0.15, 0.2) is 0 Å². The zero-order valence-electron chi connectivity index (χ0n) is 12.9. The minimum absolute atomic E-state index is 0.175. The van der Waals surface area contributed by atoms with Gasteiger partial charge >= 0.3 is 0 Å². The monoisotopic (exact) mass is 297 g/mol. The van der Waals surface area contributed by atoms with Gasteiger partial charge in [0, 0.05) is 43.3 Å². The predicted molar refractivity (Wildman–Crippen MR) is 81.1 cm³/mol. The molecule has 0 amide bonds. The lowest BCUT2D eigenvalue weighted by molar-refractivity contribution is 0.188. The summed E-state index contributed by atoms with van der Waals surface area (Å²) >= 11 is 0. The number of likely N-dealkylation sites (N-methyl/N-ethyl adjacent to an activating group) is 1. The second-order valence-corrected chi connectivity index (χ2v) is 5.58. The first-order valence-corrected chi connectivity index (χ1v) is 7.73. The molecule has 0 aliphatic carbocycles. The van der Waals surface area contributed by atoms with E-state index in [1.165, 1.54) is 12.1 Å². The van der Waals surface area contributed by atoms with Gasteiger partial charge in [0.25, 0.3) is 0 Å². The maximum Gasteiger partial charge on any atom is 0.130 e. The summed E-state index contributed by atoms with van der Waals surface area (Å²) in [4.78, 5) is 4.65. The Hall–Kier alpha value is -1.04. The molecule has 1 aromatic carbocycles. The fourth-order valence-electron chi connectivity index (χ4n) is 3.33. The molecule has 3 nitrogen and oxygen atoms in total. The van der Waals surface area contributed by atoms with Crippen molar-refractivity contribution in [1.82, 2.24) is 9.80 Å². The third-order valence-electron chi connectivity index (χ3n) is 4.51. The van der Waals surface area contributed by atoms with Crippen LogP contribution in [0.5, 0.6) is 0 Å². The number of likely N-dealkylation sites (tertiary alicyclic amines) is 1. The van der Waals surface area contributed by atoms with E-state index in [9.17, 15) is 8.78 Å². The maximum atomic E-state index is 14.0. The van der Waals surface area contributed by atoms with Gasteiger partial charge in [0.2, 0.25) is 0 Å². The first kappa shape index (κ1) is 16.3. The van der Waals surface area contributed by atoms with Gasteiger partial charge < -0.3 is 5.73 Å². The third-order valence-corrected chi connectivity index (χ3v) is 4.51. The van der Waals surface area contributed by atoms with Gasteiger partial charge in [-0.05, 0) is 25.6 Å². The van der Waals surface area contributed by atoms with Gasteiger partial charge in [-0.25, -0.2) is 8.78 Å². The summed E-state index contributed by atoms with van der Waals surface area (Å²) in [6.45, 7) is 8.49. The Balaban J connectivity index is 2.12. The Morgan fingerprint density at radius 1 is 1.33 bits per heavy atom. The fraction of sp³-hybridized carbons (Fsp3) is 0.625. The van der Waals surface area contributed by atoms with Crippen LogP contribution in [0, 0.1) is 11.6 Å². The second-order valence-electron chi connectivity index (χ2n) is 5.58. The number of hydrogen-bond acceptors (Lipinski definition) is 3. The molecule has 21 heavy (non-hydrogen) atoms. The lowest BCUT2D eigenvalue weighted by atomic mass is 10.0. The summed E-state index contributed by atoms with van der Waals surface area (Å²) in [5.74, 6) is -1.05. The molecule has 5 heteroatoms. The Bertz CT molecular complexity index is 463.